The quantitative estimate of drug-likeness (QED) is 0.896. The first kappa shape index (κ1) is 16.1. The third-order valence-electron chi connectivity index (χ3n) is 3.34. The van der Waals surface area contributed by atoms with E-state index in [4.69, 9.17) is 9.72 Å². The zero-order valence-corrected chi connectivity index (χ0v) is 14.3. The maximum Gasteiger partial charge on any atom is 0.123 e. The third-order valence-corrected chi connectivity index (χ3v) is 4.53. The second-order valence-corrected chi connectivity index (χ2v) is 7.24. The Bertz CT molecular complexity index is 572. The molecule has 1 unspecified atom stereocenters. The van der Waals surface area contributed by atoms with Crippen LogP contribution in [0.25, 0.3) is 10.4 Å². The summed E-state index contributed by atoms with van der Waals surface area (Å²) in [5.41, 5.74) is 2.34. The van der Waals surface area contributed by atoms with E-state index in [1.165, 1.54) is 10.4 Å². The zero-order chi connectivity index (χ0) is 15.5. The number of hydrogen-bond acceptors (Lipinski definition) is 4. The summed E-state index contributed by atoms with van der Waals surface area (Å²) < 4.78 is 5.71. The van der Waals surface area contributed by atoms with E-state index in [0.717, 1.165) is 17.2 Å². The van der Waals surface area contributed by atoms with Gasteiger partial charge in [-0.3, -0.25) is 0 Å². The standard InChI is InChI=1S/C17H24N2OS/c1-17(2,3)15(20-5)16-19-13(11-18-4)14(21-16)12-9-7-6-8-10-12/h6-10,15,18H,11H2,1-5H3. The van der Waals surface area contributed by atoms with Gasteiger partial charge in [-0.15, -0.1) is 11.3 Å². The van der Waals surface area contributed by atoms with E-state index in [0.29, 0.717) is 0 Å². The Morgan fingerprint density at radius 1 is 1.24 bits per heavy atom. The summed E-state index contributed by atoms with van der Waals surface area (Å²) >= 11 is 1.74. The predicted molar refractivity (Wildman–Crippen MR) is 89.5 cm³/mol. The highest BCUT2D eigenvalue weighted by Gasteiger charge is 2.30. The lowest BCUT2D eigenvalue weighted by molar-refractivity contribution is 0.0149. The molecule has 0 bridgehead atoms. The van der Waals surface area contributed by atoms with E-state index in [2.05, 4.69) is 50.4 Å². The molecule has 0 saturated heterocycles. The highest BCUT2D eigenvalue weighted by Crippen LogP contribution is 2.41. The van der Waals surface area contributed by atoms with Gasteiger partial charge in [0.2, 0.25) is 0 Å². The van der Waals surface area contributed by atoms with E-state index in [1.807, 2.05) is 13.1 Å². The Kier molecular flexibility index (Phi) is 5.14. The number of thiazole rings is 1. The number of nitrogens with one attached hydrogen (secondary N) is 1. The van der Waals surface area contributed by atoms with Crippen LogP contribution in [0, 0.1) is 5.41 Å². The molecule has 0 amide bonds. The fourth-order valence-corrected chi connectivity index (χ4v) is 3.82. The van der Waals surface area contributed by atoms with Crippen LogP contribution in [0.5, 0.6) is 0 Å². The predicted octanol–water partition coefficient (Wildman–Crippen LogP) is 4.26. The summed E-state index contributed by atoms with van der Waals surface area (Å²) in [7, 11) is 3.71. The molecular formula is C17H24N2OS. The largest absolute Gasteiger partial charge is 0.374 e. The number of benzene rings is 1. The molecule has 0 aliphatic heterocycles. The molecule has 21 heavy (non-hydrogen) atoms. The topological polar surface area (TPSA) is 34.2 Å². The van der Waals surface area contributed by atoms with Gasteiger partial charge in [0.05, 0.1) is 10.6 Å². The van der Waals surface area contributed by atoms with Crippen molar-refractivity contribution in [3.8, 4) is 10.4 Å². The van der Waals surface area contributed by atoms with Gasteiger partial charge in [-0.25, -0.2) is 4.98 Å². The lowest BCUT2D eigenvalue weighted by atomic mass is 9.89. The molecule has 3 nitrogen and oxygen atoms in total. The Morgan fingerprint density at radius 2 is 1.90 bits per heavy atom. The summed E-state index contributed by atoms with van der Waals surface area (Å²) in [5.74, 6) is 0. The Labute approximate surface area is 131 Å². The van der Waals surface area contributed by atoms with Crippen molar-refractivity contribution >= 4 is 11.3 Å². The maximum atomic E-state index is 5.71. The lowest BCUT2D eigenvalue weighted by Gasteiger charge is -2.27. The van der Waals surface area contributed by atoms with Gasteiger partial charge in [0.15, 0.2) is 0 Å². The fraction of sp³-hybridized carbons (Fsp3) is 0.471. The van der Waals surface area contributed by atoms with Crippen LogP contribution in [0.2, 0.25) is 0 Å². The number of ether oxygens (including phenoxy) is 1. The van der Waals surface area contributed by atoms with Gasteiger partial charge < -0.3 is 10.1 Å². The van der Waals surface area contributed by atoms with Crippen LogP contribution >= 0.6 is 11.3 Å². The van der Waals surface area contributed by atoms with Crippen molar-refractivity contribution in [2.24, 2.45) is 5.41 Å². The van der Waals surface area contributed by atoms with Gasteiger partial charge in [0, 0.05) is 13.7 Å². The summed E-state index contributed by atoms with van der Waals surface area (Å²) in [4.78, 5) is 6.07. The first-order chi connectivity index (χ1) is 9.97. The number of rotatable bonds is 5. The van der Waals surface area contributed by atoms with E-state index in [9.17, 15) is 0 Å². The van der Waals surface area contributed by atoms with Crippen LogP contribution in [0.15, 0.2) is 30.3 Å². The number of methoxy groups -OCH3 is 1. The van der Waals surface area contributed by atoms with Gasteiger partial charge >= 0.3 is 0 Å². The summed E-state index contributed by atoms with van der Waals surface area (Å²) in [5, 5.41) is 4.26. The van der Waals surface area contributed by atoms with E-state index in [1.54, 1.807) is 18.4 Å². The minimum absolute atomic E-state index is 0.00979. The molecule has 0 aliphatic rings. The molecule has 1 atom stereocenters. The first-order valence-corrected chi connectivity index (χ1v) is 8.01. The smallest absolute Gasteiger partial charge is 0.123 e. The fourth-order valence-electron chi connectivity index (χ4n) is 2.41. The number of nitrogens with zero attached hydrogens (tertiary/aromatic N) is 1. The van der Waals surface area contributed by atoms with E-state index < -0.39 is 0 Å². The van der Waals surface area contributed by atoms with Crippen LogP contribution < -0.4 is 5.32 Å². The van der Waals surface area contributed by atoms with Crippen LogP contribution in [0.1, 0.15) is 37.6 Å². The summed E-state index contributed by atoms with van der Waals surface area (Å²) in [6.45, 7) is 7.31. The average Bonchev–Trinajstić information content (AvgIpc) is 2.83. The highest BCUT2D eigenvalue weighted by molar-refractivity contribution is 7.15. The minimum Gasteiger partial charge on any atom is -0.374 e. The molecule has 1 heterocycles. The van der Waals surface area contributed by atoms with Crippen molar-refractivity contribution < 1.29 is 4.74 Å². The van der Waals surface area contributed by atoms with Crippen molar-refractivity contribution in [1.82, 2.24) is 10.3 Å². The molecule has 0 aliphatic carbocycles. The maximum absolute atomic E-state index is 5.71. The second-order valence-electron chi connectivity index (χ2n) is 6.21. The Hall–Kier alpha value is -1.23. The summed E-state index contributed by atoms with van der Waals surface area (Å²) in [6.07, 6.45) is 0.00979. The van der Waals surface area contributed by atoms with Crippen molar-refractivity contribution in [3.05, 3.63) is 41.0 Å². The molecule has 4 heteroatoms. The molecule has 0 fully saturated rings. The van der Waals surface area contributed by atoms with E-state index >= 15 is 0 Å². The SMILES string of the molecule is CNCc1nc(C(OC)C(C)(C)C)sc1-c1ccccc1. The molecule has 0 spiro atoms. The molecular weight excluding hydrogens is 280 g/mol. The molecule has 1 aromatic carbocycles. The summed E-state index contributed by atoms with van der Waals surface area (Å²) in [6, 6.07) is 10.4. The normalized spacial score (nSPS) is 13.4. The van der Waals surface area contributed by atoms with E-state index in [-0.39, 0.29) is 11.5 Å². The Balaban J connectivity index is 2.47. The van der Waals surface area contributed by atoms with Gasteiger partial charge in [0.25, 0.3) is 0 Å². The molecule has 0 radical (unpaired) electrons. The van der Waals surface area contributed by atoms with Crippen molar-refractivity contribution in [2.45, 2.75) is 33.4 Å². The average molecular weight is 304 g/mol. The molecule has 2 aromatic rings. The number of hydrogen-bond donors (Lipinski definition) is 1. The third kappa shape index (κ3) is 3.70. The monoisotopic (exact) mass is 304 g/mol. The van der Waals surface area contributed by atoms with Crippen molar-refractivity contribution in [2.75, 3.05) is 14.2 Å². The van der Waals surface area contributed by atoms with Gasteiger partial charge in [-0.1, -0.05) is 51.1 Å². The molecule has 114 valence electrons. The number of aromatic nitrogens is 1. The van der Waals surface area contributed by atoms with Crippen LogP contribution in [0.4, 0.5) is 0 Å². The molecule has 2 rings (SSSR count). The zero-order valence-electron chi connectivity index (χ0n) is 13.4. The van der Waals surface area contributed by atoms with Crippen molar-refractivity contribution in [1.29, 1.82) is 0 Å². The van der Waals surface area contributed by atoms with Crippen LogP contribution in [-0.4, -0.2) is 19.1 Å². The van der Waals surface area contributed by atoms with Gasteiger partial charge in [-0.2, -0.15) is 0 Å². The highest BCUT2D eigenvalue weighted by atomic mass is 32.1. The van der Waals surface area contributed by atoms with Crippen molar-refractivity contribution in [3.63, 3.8) is 0 Å². The lowest BCUT2D eigenvalue weighted by Crippen LogP contribution is -2.20. The second kappa shape index (κ2) is 6.69. The molecule has 1 N–H and O–H groups in total. The minimum atomic E-state index is 0.00979. The van der Waals surface area contributed by atoms with Gasteiger partial charge in [-0.05, 0) is 18.0 Å². The molecule has 1 aromatic heterocycles. The Morgan fingerprint density at radius 3 is 2.43 bits per heavy atom. The first-order valence-electron chi connectivity index (χ1n) is 7.19. The van der Waals surface area contributed by atoms with Gasteiger partial charge in [0.1, 0.15) is 11.1 Å². The van der Waals surface area contributed by atoms with Crippen LogP contribution in [0.3, 0.4) is 0 Å². The van der Waals surface area contributed by atoms with Crippen LogP contribution in [-0.2, 0) is 11.3 Å². The molecule has 0 saturated carbocycles.